The van der Waals surface area contributed by atoms with E-state index in [4.69, 9.17) is 9.47 Å². The maximum Gasteiger partial charge on any atom is 0.191 e. The number of aryl methyl sites for hydroxylation is 1. The van der Waals surface area contributed by atoms with E-state index in [2.05, 4.69) is 15.6 Å². The summed E-state index contributed by atoms with van der Waals surface area (Å²) in [6.07, 6.45) is 0.805. The summed E-state index contributed by atoms with van der Waals surface area (Å²) in [4.78, 5) is 4.20. The van der Waals surface area contributed by atoms with Crippen molar-refractivity contribution in [1.29, 1.82) is 0 Å². The van der Waals surface area contributed by atoms with Crippen LogP contribution in [0.25, 0.3) is 0 Å². The monoisotopic (exact) mass is 373 g/mol. The van der Waals surface area contributed by atoms with Crippen molar-refractivity contribution < 1.29 is 13.9 Å². The average Bonchev–Trinajstić information content (AvgIpc) is 2.68. The number of ether oxygens (including phenoxy) is 2. The van der Waals surface area contributed by atoms with E-state index in [1.54, 1.807) is 20.2 Å². The number of aliphatic imine (C=N–C) groups is 1. The number of nitrogens with zero attached hydrogens (tertiary/aromatic N) is 1. The Bertz CT molecular complexity index is 750. The number of halogens is 1. The van der Waals surface area contributed by atoms with E-state index >= 15 is 0 Å². The summed E-state index contributed by atoms with van der Waals surface area (Å²) in [7, 11) is 3.38. The maximum absolute atomic E-state index is 13.1. The van der Waals surface area contributed by atoms with Gasteiger partial charge in [-0.1, -0.05) is 18.2 Å². The third-order valence-electron chi connectivity index (χ3n) is 4.16. The second-order valence-electron chi connectivity index (χ2n) is 6.15. The van der Waals surface area contributed by atoms with Crippen LogP contribution < -0.4 is 15.4 Å². The topological polar surface area (TPSA) is 54.9 Å². The van der Waals surface area contributed by atoms with E-state index in [-0.39, 0.29) is 5.82 Å². The Hall–Kier alpha value is -2.60. The first-order valence-electron chi connectivity index (χ1n) is 9.02. The second kappa shape index (κ2) is 11.2. The Balaban J connectivity index is 1.63. The second-order valence-corrected chi connectivity index (χ2v) is 6.15. The molecular weight excluding hydrogens is 345 g/mol. The molecule has 0 radical (unpaired) electrons. The summed E-state index contributed by atoms with van der Waals surface area (Å²) in [5.41, 5.74) is 3.16. The molecule has 0 unspecified atom stereocenters. The molecule has 0 aromatic heterocycles. The summed E-state index contributed by atoms with van der Waals surface area (Å²) < 4.78 is 24.0. The molecule has 0 saturated heterocycles. The summed E-state index contributed by atoms with van der Waals surface area (Å²) in [6, 6.07) is 12.7. The van der Waals surface area contributed by atoms with Gasteiger partial charge in [0.1, 0.15) is 11.6 Å². The van der Waals surface area contributed by atoms with Crippen molar-refractivity contribution in [2.75, 3.05) is 33.9 Å². The van der Waals surface area contributed by atoms with Crippen molar-refractivity contribution in [1.82, 2.24) is 10.6 Å². The molecule has 0 aliphatic heterocycles. The highest BCUT2D eigenvalue weighted by molar-refractivity contribution is 5.79. The lowest BCUT2D eigenvalue weighted by Crippen LogP contribution is -2.39. The zero-order valence-corrected chi connectivity index (χ0v) is 16.2. The van der Waals surface area contributed by atoms with Crippen molar-refractivity contribution in [3.05, 3.63) is 65.0 Å². The predicted molar refractivity (Wildman–Crippen MR) is 107 cm³/mol. The number of guanidine groups is 1. The number of hydrogen-bond donors (Lipinski definition) is 2. The van der Waals surface area contributed by atoms with Gasteiger partial charge in [0.2, 0.25) is 0 Å². The zero-order chi connectivity index (χ0) is 19.5. The lowest BCUT2D eigenvalue weighted by atomic mass is 10.1. The number of nitrogens with one attached hydrogen (secondary N) is 2. The van der Waals surface area contributed by atoms with Crippen LogP contribution in [-0.4, -0.2) is 39.8 Å². The minimum Gasteiger partial charge on any atom is -0.497 e. The van der Waals surface area contributed by atoms with Gasteiger partial charge in [-0.15, -0.1) is 0 Å². The fourth-order valence-corrected chi connectivity index (χ4v) is 2.67. The van der Waals surface area contributed by atoms with Crippen LogP contribution in [0, 0.1) is 12.7 Å². The van der Waals surface area contributed by atoms with Gasteiger partial charge in [0, 0.05) is 20.1 Å². The minimum atomic E-state index is -0.198. The molecule has 0 heterocycles. The van der Waals surface area contributed by atoms with E-state index in [1.807, 2.05) is 37.3 Å². The Labute approximate surface area is 160 Å². The summed E-state index contributed by atoms with van der Waals surface area (Å²) in [5.74, 6) is 1.35. The number of rotatable bonds is 9. The van der Waals surface area contributed by atoms with Crippen LogP contribution in [-0.2, 0) is 17.8 Å². The lowest BCUT2D eigenvalue weighted by molar-refractivity contribution is 0.125. The minimum absolute atomic E-state index is 0.198. The SMILES string of the molecule is CN=C(NCCOCc1cccc(OC)c1)NCCc1ccc(F)cc1C. The van der Waals surface area contributed by atoms with E-state index in [0.717, 1.165) is 41.4 Å². The molecule has 5 nitrogen and oxygen atoms in total. The highest BCUT2D eigenvalue weighted by Crippen LogP contribution is 2.13. The first-order chi connectivity index (χ1) is 13.1. The summed E-state index contributed by atoms with van der Waals surface area (Å²) >= 11 is 0. The standard InChI is InChI=1S/C21H28FN3O2/c1-16-13-19(22)8-7-18(16)9-10-24-21(23-2)25-11-12-27-15-17-5-4-6-20(14-17)26-3/h4-8,13-14H,9-12,15H2,1-3H3,(H2,23,24,25). The third-order valence-corrected chi connectivity index (χ3v) is 4.16. The average molecular weight is 373 g/mol. The highest BCUT2D eigenvalue weighted by Gasteiger charge is 2.02. The molecule has 27 heavy (non-hydrogen) atoms. The molecule has 6 heteroatoms. The Morgan fingerprint density at radius 3 is 2.67 bits per heavy atom. The van der Waals surface area contributed by atoms with Crippen molar-refractivity contribution in [2.24, 2.45) is 4.99 Å². The van der Waals surface area contributed by atoms with Crippen LogP contribution in [0.4, 0.5) is 4.39 Å². The van der Waals surface area contributed by atoms with Crippen LogP contribution >= 0.6 is 0 Å². The molecule has 0 bridgehead atoms. The van der Waals surface area contributed by atoms with Gasteiger partial charge in [-0.3, -0.25) is 4.99 Å². The van der Waals surface area contributed by atoms with E-state index in [0.29, 0.717) is 19.8 Å². The van der Waals surface area contributed by atoms with E-state index in [9.17, 15) is 4.39 Å². The van der Waals surface area contributed by atoms with Crippen LogP contribution in [0.1, 0.15) is 16.7 Å². The molecular formula is C21H28FN3O2. The van der Waals surface area contributed by atoms with Crippen molar-refractivity contribution in [3.63, 3.8) is 0 Å². The van der Waals surface area contributed by atoms with Gasteiger partial charge >= 0.3 is 0 Å². The molecule has 2 aromatic carbocycles. The number of methoxy groups -OCH3 is 1. The van der Waals surface area contributed by atoms with Gasteiger partial charge in [0.05, 0.1) is 20.3 Å². The summed E-state index contributed by atoms with van der Waals surface area (Å²) in [6.45, 7) is 4.39. The smallest absolute Gasteiger partial charge is 0.191 e. The molecule has 146 valence electrons. The van der Waals surface area contributed by atoms with Gasteiger partial charge in [-0.05, 0) is 54.3 Å². The molecule has 0 atom stereocenters. The van der Waals surface area contributed by atoms with Crippen molar-refractivity contribution >= 4 is 5.96 Å². The van der Waals surface area contributed by atoms with Gasteiger partial charge in [-0.25, -0.2) is 4.39 Å². The molecule has 2 aromatic rings. The van der Waals surface area contributed by atoms with Gasteiger partial charge < -0.3 is 20.1 Å². The van der Waals surface area contributed by atoms with Gasteiger partial charge in [0.15, 0.2) is 5.96 Å². The zero-order valence-electron chi connectivity index (χ0n) is 16.2. The molecule has 0 fully saturated rings. The number of benzene rings is 2. The fourth-order valence-electron chi connectivity index (χ4n) is 2.67. The predicted octanol–water partition coefficient (Wildman–Crippen LogP) is 3.07. The van der Waals surface area contributed by atoms with Crippen LogP contribution in [0.2, 0.25) is 0 Å². The molecule has 0 amide bonds. The maximum atomic E-state index is 13.1. The Morgan fingerprint density at radius 1 is 1.11 bits per heavy atom. The molecule has 0 saturated carbocycles. The van der Waals surface area contributed by atoms with E-state index in [1.165, 1.54) is 6.07 Å². The lowest BCUT2D eigenvalue weighted by Gasteiger charge is -2.13. The molecule has 0 aliphatic rings. The van der Waals surface area contributed by atoms with Crippen molar-refractivity contribution in [2.45, 2.75) is 20.0 Å². The first-order valence-corrected chi connectivity index (χ1v) is 9.02. The Morgan fingerprint density at radius 2 is 1.93 bits per heavy atom. The quantitative estimate of drug-likeness (QED) is 0.403. The third kappa shape index (κ3) is 7.27. The number of hydrogen-bond acceptors (Lipinski definition) is 3. The first kappa shape index (κ1) is 20.7. The van der Waals surface area contributed by atoms with E-state index < -0.39 is 0 Å². The normalized spacial score (nSPS) is 11.3. The van der Waals surface area contributed by atoms with Crippen LogP contribution in [0.3, 0.4) is 0 Å². The molecule has 0 spiro atoms. The summed E-state index contributed by atoms with van der Waals surface area (Å²) in [5, 5.41) is 6.47. The molecule has 2 rings (SSSR count). The molecule has 2 N–H and O–H groups in total. The van der Waals surface area contributed by atoms with Gasteiger partial charge in [0.25, 0.3) is 0 Å². The van der Waals surface area contributed by atoms with Crippen molar-refractivity contribution in [3.8, 4) is 5.75 Å². The Kier molecular flexibility index (Phi) is 8.58. The largest absolute Gasteiger partial charge is 0.497 e. The highest BCUT2D eigenvalue weighted by atomic mass is 19.1. The van der Waals surface area contributed by atoms with Crippen LogP contribution in [0.15, 0.2) is 47.5 Å². The van der Waals surface area contributed by atoms with Crippen LogP contribution in [0.5, 0.6) is 5.75 Å². The van der Waals surface area contributed by atoms with Gasteiger partial charge in [-0.2, -0.15) is 0 Å². The fraction of sp³-hybridized carbons (Fsp3) is 0.381. The molecule has 0 aliphatic carbocycles.